The Kier molecular flexibility index (Phi) is 5.77. The van der Waals surface area contributed by atoms with Crippen molar-refractivity contribution in [3.8, 4) is 6.07 Å². The third kappa shape index (κ3) is 4.54. The number of piperazine rings is 1. The summed E-state index contributed by atoms with van der Waals surface area (Å²) in [6.07, 6.45) is 0. The van der Waals surface area contributed by atoms with Crippen LogP contribution in [-0.2, 0) is 4.79 Å². The van der Waals surface area contributed by atoms with E-state index in [0.717, 1.165) is 31.2 Å². The van der Waals surface area contributed by atoms with Gasteiger partial charge in [0.15, 0.2) is 0 Å². The van der Waals surface area contributed by atoms with E-state index in [1.807, 2.05) is 18.2 Å². The molecule has 0 aromatic heterocycles. The van der Waals surface area contributed by atoms with Gasteiger partial charge in [0, 0.05) is 42.6 Å². The van der Waals surface area contributed by atoms with Crippen LogP contribution in [0.25, 0.3) is 0 Å². The SMILES string of the molecule is Cc1ccc(Cl)cc1N1CCN(CC(=O)Nc2ccc(C#N)cc2)CC1. The number of nitrogens with one attached hydrogen (secondary N) is 1. The highest BCUT2D eigenvalue weighted by Gasteiger charge is 2.20. The summed E-state index contributed by atoms with van der Waals surface area (Å²) in [6.45, 7) is 5.83. The highest BCUT2D eigenvalue weighted by molar-refractivity contribution is 6.30. The number of rotatable bonds is 4. The number of aryl methyl sites for hydroxylation is 1. The maximum Gasteiger partial charge on any atom is 0.238 e. The van der Waals surface area contributed by atoms with Crippen LogP contribution < -0.4 is 10.2 Å². The predicted molar refractivity (Wildman–Crippen MR) is 105 cm³/mol. The highest BCUT2D eigenvalue weighted by Crippen LogP contribution is 2.25. The summed E-state index contributed by atoms with van der Waals surface area (Å²) in [5.74, 6) is -0.0397. The van der Waals surface area contributed by atoms with Crippen molar-refractivity contribution < 1.29 is 4.79 Å². The lowest BCUT2D eigenvalue weighted by Gasteiger charge is -2.36. The molecule has 0 atom stereocenters. The first-order valence-corrected chi connectivity index (χ1v) is 8.96. The lowest BCUT2D eigenvalue weighted by molar-refractivity contribution is -0.117. The normalized spacial score (nSPS) is 14.7. The Bertz CT molecular complexity index is 821. The Morgan fingerprint density at radius 3 is 2.50 bits per heavy atom. The summed E-state index contributed by atoms with van der Waals surface area (Å²) in [5, 5.41) is 12.4. The van der Waals surface area contributed by atoms with E-state index in [4.69, 9.17) is 16.9 Å². The highest BCUT2D eigenvalue weighted by atomic mass is 35.5. The molecule has 134 valence electrons. The minimum atomic E-state index is -0.0397. The molecular weight excluding hydrogens is 348 g/mol. The zero-order chi connectivity index (χ0) is 18.5. The van der Waals surface area contributed by atoms with E-state index in [-0.39, 0.29) is 5.91 Å². The molecule has 2 aromatic rings. The molecule has 0 radical (unpaired) electrons. The molecular formula is C20H21ClN4O. The summed E-state index contributed by atoms with van der Waals surface area (Å²) >= 11 is 6.12. The molecule has 3 rings (SSSR count). The molecule has 1 amide bonds. The molecule has 0 aliphatic carbocycles. The second kappa shape index (κ2) is 8.22. The van der Waals surface area contributed by atoms with Crippen LogP contribution in [0, 0.1) is 18.3 Å². The summed E-state index contributed by atoms with van der Waals surface area (Å²) in [6, 6.07) is 14.9. The number of benzene rings is 2. The molecule has 5 nitrogen and oxygen atoms in total. The minimum absolute atomic E-state index is 0.0397. The first-order valence-electron chi connectivity index (χ1n) is 8.58. The van der Waals surface area contributed by atoms with Crippen molar-refractivity contribution in [2.24, 2.45) is 0 Å². The van der Waals surface area contributed by atoms with Crippen molar-refractivity contribution in [3.05, 3.63) is 58.6 Å². The number of hydrogen-bond donors (Lipinski definition) is 1. The van der Waals surface area contributed by atoms with Crippen LogP contribution in [0.5, 0.6) is 0 Å². The Morgan fingerprint density at radius 2 is 1.85 bits per heavy atom. The fraction of sp³-hybridized carbons (Fsp3) is 0.300. The molecule has 6 heteroatoms. The van der Waals surface area contributed by atoms with Crippen LogP contribution in [0.2, 0.25) is 5.02 Å². The molecule has 1 aliphatic heterocycles. The summed E-state index contributed by atoms with van der Waals surface area (Å²) < 4.78 is 0. The third-order valence-corrected chi connectivity index (χ3v) is 4.78. The van der Waals surface area contributed by atoms with Gasteiger partial charge in [-0.05, 0) is 48.9 Å². The van der Waals surface area contributed by atoms with Gasteiger partial charge in [0.1, 0.15) is 0 Å². The van der Waals surface area contributed by atoms with Crippen LogP contribution in [0.15, 0.2) is 42.5 Å². The van der Waals surface area contributed by atoms with Gasteiger partial charge in [-0.2, -0.15) is 5.26 Å². The van der Waals surface area contributed by atoms with E-state index in [9.17, 15) is 4.79 Å². The molecule has 1 heterocycles. The fourth-order valence-electron chi connectivity index (χ4n) is 3.10. The topological polar surface area (TPSA) is 59.4 Å². The smallest absolute Gasteiger partial charge is 0.238 e. The number of nitrogens with zero attached hydrogens (tertiary/aromatic N) is 3. The summed E-state index contributed by atoms with van der Waals surface area (Å²) in [4.78, 5) is 16.7. The number of halogens is 1. The Balaban J connectivity index is 1.51. The van der Waals surface area contributed by atoms with Gasteiger partial charge in [0.2, 0.25) is 5.91 Å². The van der Waals surface area contributed by atoms with Crippen molar-refractivity contribution in [1.82, 2.24) is 4.90 Å². The van der Waals surface area contributed by atoms with Crippen LogP contribution in [0.3, 0.4) is 0 Å². The number of hydrogen-bond acceptors (Lipinski definition) is 4. The van der Waals surface area contributed by atoms with Gasteiger partial charge in [0.25, 0.3) is 0 Å². The molecule has 2 aromatic carbocycles. The maximum atomic E-state index is 12.2. The number of carbonyl (C=O) groups excluding carboxylic acids is 1. The Hall–Kier alpha value is -2.55. The number of nitriles is 1. The molecule has 1 saturated heterocycles. The van der Waals surface area contributed by atoms with E-state index in [2.05, 4.69) is 28.1 Å². The van der Waals surface area contributed by atoms with Gasteiger partial charge in [-0.1, -0.05) is 17.7 Å². The Morgan fingerprint density at radius 1 is 1.15 bits per heavy atom. The second-order valence-corrected chi connectivity index (χ2v) is 6.87. The van der Waals surface area contributed by atoms with E-state index in [1.54, 1.807) is 24.3 Å². The van der Waals surface area contributed by atoms with Gasteiger partial charge in [-0.25, -0.2) is 0 Å². The van der Waals surface area contributed by atoms with Crippen molar-refractivity contribution >= 4 is 28.9 Å². The molecule has 0 saturated carbocycles. The van der Waals surface area contributed by atoms with Crippen molar-refractivity contribution in [2.45, 2.75) is 6.92 Å². The van der Waals surface area contributed by atoms with Crippen LogP contribution >= 0.6 is 11.6 Å². The number of amides is 1. The van der Waals surface area contributed by atoms with Gasteiger partial charge in [0.05, 0.1) is 18.2 Å². The lowest BCUT2D eigenvalue weighted by Crippen LogP contribution is -2.48. The molecule has 26 heavy (non-hydrogen) atoms. The lowest BCUT2D eigenvalue weighted by atomic mass is 10.1. The molecule has 0 unspecified atom stereocenters. The van der Waals surface area contributed by atoms with Crippen LogP contribution in [-0.4, -0.2) is 43.5 Å². The average molecular weight is 369 g/mol. The summed E-state index contributed by atoms with van der Waals surface area (Å²) in [7, 11) is 0. The van der Waals surface area contributed by atoms with Gasteiger partial charge >= 0.3 is 0 Å². The first-order chi connectivity index (χ1) is 12.5. The summed E-state index contributed by atoms with van der Waals surface area (Å²) in [5.41, 5.74) is 3.67. The average Bonchev–Trinajstić information content (AvgIpc) is 2.65. The van der Waals surface area contributed by atoms with Crippen LogP contribution in [0.1, 0.15) is 11.1 Å². The number of anilines is 2. The van der Waals surface area contributed by atoms with Gasteiger partial charge in [-0.15, -0.1) is 0 Å². The largest absolute Gasteiger partial charge is 0.369 e. The van der Waals surface area contributed by atoms with Crippen LogP contribution in [0.4, 0.5) is 11.4 Å². The molecule has 1 N–H and O–H groups in total. The van der Waals surface area contributed by atoms with Crippen molar-refractivity contribution in [1.29, 1.82) is 5.26 Å². The second-order valence-electron chi connectivity index (χ2n) is 6.43. The molecule has 1 aliphatic rings. The minimum Gasteiger partial charge on any atom is -0.369 e. The fourth-order valence-corrected chi connectivity index (χ4v) is 3.27. The Labute approximate surface area is 158 Å². The molecule has 0 bridgehead atoms. The zero-order valence-electron chi connectivity index (χ0n) is 14.7. The standard InChI is InChI=1S/C20H21ClN4O/c1-15-2-5-17(21)12-19(15)25-10-8-24(9-11-25)14-20(26)23-18-6-3-16(13-22)4-7-18/h2-7,12H,8-11,14H2,1H3,(H,23,26). The van der Waals surface area contributed by atoms with E-state index in [0.29, 0.717) is 17.8 Å². The van der Waals surface area contributed by atoms with Gasteiger partial charge in [-0.3, -0.25) is 9.69 Å². The monoisotopic (exact) mass is 368 g/mol. The molecule has 0 spiro atoms. The van der Waals surface area contributed by atoms with E-state index >= 15 is 0 Å². The van der Waals surface area contributed by atoms with Crippen molar-refractivity contribution in [3.63, 3.8) is 0 Å². The maximum absolute atomic E-state index is 12.2. The van der Waals surface area contributed by atoms with E-state index in [1.165, 1.54) is 11.3 Å². The zero-order valence-corrected chi connectivity index (χ0v) is 15.5. The van der Waals surface area contributed by atoms with E-state index < -0.39 is 0 Å². The third-order valence-electron chi connectivity index (χ3n) is 4.55. The first kappa shape index (κ1) is 18.2. The predicted octanol–water partition coefficient (Wildman–Crippen LogP) is 3.28. The van der Waals surface area contributed by atoms with Crippen molar-refractivity contribution in [2.75, 3.05) is 42.9 Å². The molecule has 1 fully saturated rings. The quantitative estimate of drug-likeness (QED) is 0.899. The number of carbonyl (C=O) groups is 1. The van der Waals surface area contributed by atoms with Gasteiger partial charge < -0.3 is 10.2 Å².